The SMILES string of the molecule is O=C(NCc1ccnc(N2CCCCC2)c1)C1CC=CCC1. The summed E-state index contributed by atoms with van der Waals surface area (Å²) >= 11 is 0. The maximum Gasteiger partial charge on any atom is 0.223 e. The van der Waals surface area contributed by atoms with Gasteiger partial charge in [0.25, 0.3) is 0 Å². The van der Waals surface area contributed by atoms with Crippen LogP contribution in [0, 0.1) is 5.92 Å². The van der Waals surface area contributed by atoms with Gasteiger partial charge in [-0.15, -0.1) is 0 Å². The van der Waals surface area contributed by atoms with E-state index in [9.17, 15) is 4.79 Å². The smallest absolute Gasteiger partial charge is 0.223 e. The van der Waals surface area contributed by atoms with Crippen LogP contribution in [-0.4, -0.2) is 24.0 Å². The topological polar surface area (TPSA) is 45.2 Å². The second kappa shape index (κ2) is 7.43. The Labute approximate surface area is 132 Å². The number of allylic oxidation sites excluding steroid dienone is 2. The number of hydrogen-bond acceptors (Lipinski definition) is 3. The summed E-state index contributed by atoms with van der Waals surface area (Å²) in [5.41, 5.74) is 1.13. The van der Waals surface area contributed by atoms with E-state index in [-0.39, 0.29) is 11.8 Å². The molecular formula is C18H25N3O. The van der Waals surface area contributed by atoms with E-state index in [4.69, 9.17) is 0 Å². The Morgan fingerprint density at radius 1 is 1.27 bits per heavy atom. The molecule has 1 aliphatic heterocycles. The highest BCUT2D eigenvalue weighted by Crippen LogP contribution is 2.20. The zero-order chi connectivity index (χ0) is 15.2. The standard InChI is InChI=1S/C18H25N3O/c22-18(16-7-3-1-4-8-16)20-14-15-9-10-19-17(13-15)21-11-5-2-6-12-21/h1,3,9-10,13,16H,2,4-8,11-12,14H2,(H,20,22). The fourth-order valence-corrected chi connectivity index (χ4v) is 3.23. The van der Waals surface area contributed by atoms with Gasteiger partial charge in [0.2, 0.25) is 5.91 Å². The second-order valence-electron chi connectivity index (χ2n) is 6.27. The van der Waals surface area contributed by atoms with Crippen molar-refractivity contribution in [3.8, 4) is 0 Å². The van der Waals surface area contributed by atoms with Gasteiger partial charge in [-0.1, -0.05) is 12.2 Å². The molecule has 1 aliphatic carbocycles. The Kier molecular flexibility index (Phi) is 5.09. The van der Waals surface area contributed by atoms with Crippen molar-refractivity contribution in [3.63, 3.8) is 0 Å². The van der Waals surface area contributed by atoms with Crippen molar-refractivity contribution in [3.05, 3.63) is 36.0 Å². The quantitative estimate of drug-likeness (QED) is 0.869. The number of rotatable bonds is 4. The molecule has 1 aromatic rings. The summed E-state index contributed by atoms with van der Waals surface area (Å²) in [7, 11) is 0. The number of anilines is 1. The highest BCUT2D eigenvalue weighted by molar-refractivity contribution is 5.79. The molecule has 1 atom stereocenters. The van der Waals surface area contributed by atoms with Crippen LogP contribution < -0.4 is 10.2 Å². The molecule has 1 saturated heterocycles. The van der Waals surface area contributed by atoms with Crippen LogP contribution in [0.4, 0.5) is 5.82 Å². The van der Waals surface area contributed by atoms with Gasteiger partial charge in [-0.05, 0) is 56.2 Å². The molecule has 0 aromatic carbocycles. The number of hydrogen-bond donors (Lipinski definition) is 1. The molecule has 0 bridgehead atoms. The van der Waals surface area contributed by atoms with E-state index in [1.165, 1.54) is 19.3 Å². The van der Waals surface area contributed by atoms with E-state index in [0.717, 1.165) is 43.7 Å². The van der Waals surface area contributed by atoms with Crippen molar-refractivity contribution in [1.29, 1.82) is 0 Å². The minimum Gasteiger partial charge on any atom is -0.357 e. The first-order chi connectivity index (χ1) is 10.8. The Morgan fingerprint density at radius 3 is 2.91 bits per heavy atom. The minimum absolute atomic E-state index is 0.147. The van der Waals surface area contributed by atoms with Gasteiger partial charge < -0.3 is 10.2 Å². The van der Waals surface area contributed by atoms with Crippen LogP contribution in [0.3, 0.4) is 0 Å². The van der Waals surface area contributed by atoms with Crippen LogP contribution in [0.25, 0.3) is 0 Å². The summed E-state index contributed by atoms with van der Waals surface area (Å²) in [4.78, 5) is 19.0. The Balaban J connectivity index is 1.55. The monoisotopic (exact) mass is 299 g/mol. The number of nitrogens with one attached hydrogen (secondary N) is 1. The zero-order valence-electron chi connectivity index (χ0n) is 13.1. The third kappa shape index (κ3) is 3.87. The third-order valence-electron chi connectivity index (χ3n) is 4.60. The highest BCUT2D eigenvalue weighted by atomic mass is 16.1. The fourth-order valence-electron chi connectivity index (χ4n) is 3.23. The summed E-state index contributed by atoms with van der Waals surface area (Å²) in [6.45, 7) is 2.79. The van der Waals surface area contributed by atoms with E-state index in [1.54, 1.807) is 0 Å². The molecule has 0 saturated carbocycles. The molecule has 4 nitrogen and oxygen atoms in total. The molecule has 2 heterocycles. The van der Waals surface area contributed by atoms with E-state index < -0.39 is 0 Å². The molecule has 118 valence electrons. The molecular weight excluding hydrogens is 274 g/mol. The van der Waals surface area contributed by atoms with Crippen molar-refractivity contribution in [2.75, 3.05) is 18.0 Å². The molecule has 1 unspecified atom stereocenters. The normalized spacial score (nSPS) is 21.6. The lowest BCUT2D eigenvalue weighted by Gasteiger charge is -2.28. The van der Waals surface area contributed by atoms with Gasteiger partial charge in [0, 0.05) is 31.7 Å². The number of piperidine rings is 1. The second-order valence-corrected chi connectivity index (χ2v) is 6.27. The van der Waals surface area contributed by atoms with Crippen LogP contribution >= 0.6 is 0 Å². The van der Waals surface area contributed by atoms with Crippen LogP contribution in [0.5, 0.6) is 0 Å². The molecule has 1 amide bonds. The van der Waals surface area contributed by atoms with E-state index in [2.05, 4.69) is 33.4 Å². The average molecular weight is 299 g/mol. The van der Waals surface area contributed by atoms with Crippen molar-refractivity contribution in [1.82, 2.24) is 10.3 Å². The predicted octanol–water partition coefficient (Wildman–Crippen LogP) is 3.04. The van der Waals surface area contributed by atoms with Gasteiger partial charge in [0.05, 0.1) is 0 Å². The fraction of sp³-hybridized carbons (Fsp3) is 0.556. The minimum atomic E-state index is 0.147. The molecule has 1 N–H and O–H groups in total. The van der Waals surface area contributed by atoms with Crippen molar-refractivity contribution >= 4 is 11.7 Å². The lowest BCUT2D eigenvalue weighted by atomic mass is 9.93. The first-order valence-electron chi connectivity index (χ1n) is 8.45. The number of aromatic nitrogens is 1. The molecule has 4 heteroatoms. The predicted molar refractivity (Wildman–Crippen MR) is 88.6 cm³/mol. The van der Waals surface area contributed by atoms with Gasteiger partial charge in [0.1, 0.15) is 5.82 Å². The molecule has 3 rings (SSSR count). The number of pyridine rings is 1. The summed E-state index contributed by atoms with van der Waals surface area (Å²) in [5, 5.41) is 3.08. The van der Waals surface area contributed by atoms with Crippen molar-refractivity contribution < 1.29 is 4.79 Å². The number of nitrogens with zero attached hydrogens (tertiary/aromatic N) is 2. The van der Waals surface area contributed by atoms with E-state index >= 15 is 0 Å². The molecule has 22 heavy (non-hydrogen) atoms. The van der Waals surface area contributed by atoms with E-state index in [0.29, 0.717) is 6.54 Å². The van der Waals surface area contributed by atoms with Crippen LogP contribution in [0.2, 0.25) is 0 Å². The molecule has 2 aliphatic rings. The van der Waals surface area contributed by atoms with Crippen LogP contribution in [0.1, 0.15) is 44.1 Å². The summed E-state index contributed by atoms with van der Waals surface area (Å²) < 4.78 is 0. The van der Waals surface area contributed by atoms with Crippen LogP contribution in [0.15, 0.2) is 30.5 Å². The molecule has 0 spiro atoms. The van der Waals surface area contributed by atoms with Gasteiger partial charge in [-0.3, -0.25) is 4.79 Å². The molecule has 0 radical (unpaired) electrons. The van der Waals surface area contributed by atoms with Gasteiger partial charge in [0.15, 0.2) is 0 Å². The molecule has 1 aromatic heterocycles. The summed E-state index contributed by atoms with van der Waals surface area (Å²) in [6.07, 6.45) is 12.8. The maximum absolute atomic E-state index is 12.2. The summed E-state index contributed by atoms with van der Waals surface area (Å²) in [5.74, 6) is 1.38. The van der Waals surface area contributed by atoms with Gasteiger partial charge in [-0.2, -0.15) is 0 Å². The van der Waals surface area contributed by atoms with Crippen LogP contribution in [-0.2, 0) is 11.3 Å². The Bertz CT molecular complexity index is 535. The van der Waals surface area contributed by atoms with Crippen molar-refractivity contribution in [2.24, 2.45) is 5.92 Å². The Morgan fingerprint density at radius 2 is 2.14 bits per heavy atom. The van der Waals surface area contributed by atoms with E-state index in [1.807, 2.05) is 12.3 Å². The first-order valence-corrected chi connectivity index (χ1v) is 8.45. The Hall–Kier alpha value is -1.84. The maximum atomic E-state index is 12.2. The lowest BCUT2D eigenvalue weighted by molar-refractivity contribution is -0.125. The molecule has 1 fully saturated rings. The summed E-state index contributed by atoms with van der Waals surface area (Å²) in [6, 6.07) is 4.11. The zero-order valence-corrected chi connectivity index (χ0v) is 13.1. The highest BCUT2D eigenvalue weighted by Gasteiger charge is 2.18. The average Bonchev–Trinajstić information content (AvgIpc) is 2.61. The number of carbonyl (C=O) groups is 1. The van der Waals surface area contributed by atoms with Gasteiger partial charge >= 0.3 is 0 Å². The largest absolute Gasteiger partial charge is 0.357 e. The van der Waals surface area contributed by atoms with Crippen molar-refractivity contribution in [2.45, 2.75) is 45.1 Å². The van der Waals surface area contributed by atoms with Gasteiger partial charge in [-0.25, -0.2) is 4.98 Å². The number of amides is 1. The lowest BCUT2D eigenvalue weighted by Crippen LogP contribution is -2.31. The number of carbonyl (C=O) groups excluding carboxylic acids is 1. The first kappa shape index (κ1) is 15.1. The third-order valence-corrected chi connectivity index (χ3v) is 4.60.